The summed E-state index contributed by atoms with van der Waals surface area (Å²) in [6.45, 7) is 6.55. The van der Waals surface area contributed by atoms with Gasteiger partial charge < -0.3 is 0 Å². The first-order valence-electron chi connectivity index (χ1n) is 9.04. The molecular weight excluding hydrogens is 300 g/mol. The molecule has 1 fully saturated rings. The van der Waals surface area contributed by atoms with Crippen LogP contribution in [0.5, 0.6) is 0 Å². The molecule has 0 aliphatic heterocycles. The Balaban J connectivity index is 1.72. The van der Waals surface area contributed by atoms with Gasteiger partial charge in [0.2, 0.25) is 11.8 Å². The van der Waals surface area contributed by atoms with Crippen LogP contribution in [0.1, 0.15) is 70.4 Å². The predicted octanol–water partition coefficient (Wildman–Crippen LogP) is 3.64. The number of carbonyl (C=O) groups excluding carboxylic acids is 2. The van der Waals surface area contributed by atoms with Crippen molar-refractivity contribution in [3.63, 3.8) is 0 Å². The summed E-state index contributed by atoms with van der Waals surface area (Å²) >= 11 is 0. The van der Waals surface area contributed by atoms with Crippen LogP contribution in [0.4, 0.5) is 0 Å². The standard InChI is InChI=1S/C20H30N2O2/c1-20(2,3)17-12-9-15(10-13-17)11-14-18(23)21-22-19(24)16-7-5-4-6-8-16/h9-10,12-13,16H,4-8,11,14H2,1-3H3,(H,21,23)(H,22,24). The van der Waals surface area contributed by atoms with Gasteiger partial charge in [-0.1, -0.05) is 64.3 Å². The predicted molar refractivity (Wildman–Crippen MR) is 96.3 cm³/mol. The number of hydrogen-bond donors (Lipinski definition) is 2. The Kier molecular flexibility index (Phi) is 6.41. The molecule has 0 saturated heterocycles. The monoisotopic (exact) mass is 330 g/mol. The smallest absolute Gasteiger partial charge is 0.241 e. The minimum absolute atomic E-state index is 0.0439. The molecule has 0 radical (unpaired) electrons. The highest BCUT2D eigenvalue weighted by atomic mass is 16.2. The fourth-order valence-electron chi connectivity index (χ4n) is 3.09. The highest BCUT2D eigenvalue weighted by Crippen LogP contribution is 2.23. The van der Waals surface area contributed by atoms with Gasteiger partial charge in [0, 0.05) is 12.3 Å². The highest BCUT2D eigenvalue weighted by molar-refractivity contribution is 5.83. The van der Waals surface area contributed by atoms with Gasteiger partial charge in [-0.05, 0) is 35.8 Å². The lowest BCUT2D eigenvalue weighted by Gasteiger charge is -2.20. The second kappa shape index (κ2) is 8.32. The number of benzene rings is 1. The van der Waals surface area contributed by atoms with Crippen LogP contribution in [-0.4, -0.2) is 11.8 Å². The van der Waals surface area contributed by atoms with Gasteiger partial charge in [0.1, 0.15) is 0 Å². The molecule has 4 heteroatoms. The minimum Gasteiger partial charge on any atom is -0.273 e. The molecule has 0 atom stereocenters. The average molecular weight is 330 g/mol. The van der Waals surface area contributed by atoms with E-state index in [2.05, 4.69) is 55.9 Å². The molecule has 2 amide bonds. The first-order valence-corrected chi connectivity index (χ1v) is 9.04. The first kappa shape index (κ1) is 18.5. The maximum Gasteiger partial charge on any atom is 0.241 e. The summed E-state index contributed by atoms with van der Waals surface area (Å²) in [5.74, 6) is -0.124. The lowest BCUT2D eigenvalue weighted by atomic mass is 9.86. The fraction of sp³-hybridized carbons (Fsp3) is 0.600. The van der Waals surface area contributed by atoms with Crippen molar-refractivity contribution in [2.24, 2.45) is 5.92 Å². The Bertz CT molecular complexity index is 552. The highest BCUT2D eigenvalue weighted by Gasteiger charge is 2.21. The van der Waals surface area contributed by atoms with E-state index in [0.717, 1.165) is 31.2 Å². The maximum atomic E-state index is 12.0. The van der Waals surface area contributed by atoms with Crippen molar-refractivity contribution in [1.82, 2.24) is 10.9 Å². The third-order valence-electron chi connectivity index (χ3n) is 4.76. The van der Waals surface area contributed by atoms with E-state index < -0.39 is 0 Å². The van der Waals surface area contributed by atoms with Crippen molar-refractivity contribution in [3.8, 4) is 0 Å². The molecule has 4 nitrogen and oxygen atoms in total. The molecule has 1 saturated carbocycles. The van der Waals surface area contributed by atoms with Crippen LogP contribution in [-0.2, 0) is 21.4 Å². The molecule has 0 aromatic heterocycles. The van der Waals surface area contributed by atoms with Crippen molar-refractivity contribution in [2.75, 3.05) is 0 Å². The van der Waals surface area contributed by atoms with E-state index in [0.29, 0.717) is 12.8 Å². The summed E-state index contributed by atoms with van der Waals surface area (Å²) in [6, 6.07) is 8.40. The summed E-state index contributed by atoms with van der Waals surface area (Å²) in [7, 11) is 0. The van der Waals surface area contributed by atoms with E-state index >= 15 is 0 Å². The topological polar surface area (TPSA) is 58.2 Å². The number of carbonyl (C=O) groups is 2. The molecule has 1 aliphatic carbocycles. The van der Waals surface area contributed by atoms with Crippen molar-refractivity contribution in [1.29, 1.82) is 0 Å². The van der Waals surface area contributed by atoms with Gasteiger partial charge in [-0.3, -0.25) is 20.4 Å². The molecule has 0 unspecified atom stereocenters. The van der Waals surface area contributed by atoms with E-state index in [1.807, 2.05) is 0 Å². The fourth-order valence-corrected chi connectivity index (χ4v) is 3.09. The summed E-state index contributed by atoms with van der Waals surface area (Å²) in [4.78, 5) is 23.9. The van der Waals surface area contributed by atoms with Crippen molar-refractivity contribution in [2.45, 2.75) is 71.1 Å². The molecule has 1 aromatic rings. The second-order valence-corrected chi connectivity index (χ2v) is 7.82. The Hall–Kier alpha value is -1.84. The Morgan fingerprint density at radius 3 is 2.21 bits per heavy atom. The van der Waals surface area contributed by atoms with Crippen LogP contribution >= 0.6 is 0 Å². The summed E-state index contributed by atoms with van der Waals surface area (Å²) in [6.07, 6.45) is 6.34. The normalized spacial score (nSPS) is 15.8. The van der Waals surface area contributed by atoms with Gasteiger partial charge in [0.15, 0.2) is 0 Å². The lowest BCUT2D eigenvalue weighted by molar-refractivity contribution is -0.131. The summed E-state index contributed by atoms with van der Waals surface area (Å²) in [5.41, 5.74) is 7.69. The molecule has 1 aliphatic rings. The third-order valence-corrected chi connectivity index (χ3v) is 4.76. The summed E-state index contributed by atoms with van der Waals surface area (Å²) < 4.78 is 0. The number of nitrogens with one attached hydrogen (secondary N) is 2. The van der Waals surface area contributed by atoms with Gasteiger partial charge >= 0.3 is 0 Å². The van der Waals surface area contributed by atoms with Crippen LogP contribution in [0.2, 0.25) is 0 Å². The average Bonchev–Trinajstić information content (AvgIpc) is 2.58. The molecule has 1 aromatic carbocycles. The number of hydrazine groups is 1. The molecule has 0 heterocycles. The van der Waals surface area contributed by atoms with Crippen LogP contribution in [0.15, 0.2) is 24.3 Å². The molecule has 24 heavy (non-hydrogen) atoms. The SMILES string of the molecule is CC(C)(C)c1ccc(CCC(=O)NNC(=O)C2CCCCC2)cc1. The molecule has 2 rings (SSSR count). The number of hydrogen-bond acceptors (Lipinski definition) is 2. The summed E-state index contributed by atoms with van der Waals surface area (Å²) in [5, 5.41) is 0. The first-order chi connectivity index (χ1) is 11.4. The van der Waals surface area contributed by atoms with Gasteiger partial charge in [0.05, 0.1) is 0 Å². The Morgan fingerprint density at radius 2 is 1.62 bits per heavy atom. The lowest BCUT2D eigenvalue weighted by Crippen LogP contribution is -2.45. The zero-order chi connectivity index (χ0) is 17.6. The number of amides is 2. The molecule has 0 spiro atoms. The van der Waals surface area contributed by atoms with Crippen LogP contribution in [0.25, 0.3) is 0 Å². The maximum absolute atomic E-state index is 12.0. The molecule has 132 valence electrons. The zero-order valence-corrected chi connectivity index (χ0v) is 15.2. The van der Waals surface area contributed by atoms with E-state index in [4.69, 9.17) is 0 Å². The van der Waals surface area contributed by atoms with Gasteiger partial charge in [-0.25, -0.2) is 0 Å². The van der Waals surface area contributed by atoms with Crippen molar-refractivity contribution >= 4 is 11.8 Å². The van der Waals surface area contributed by atoms with Crippen LogP contribution in [0, 0.1) is 5.92 Å². The quantitative estimate of drug-likeness (QED) is 0.828. The van der Waals surface area contributed by atoms with E-state index in [1.165, 1.54) is 12.0 Å². The van der Waals surface area contributed by atoms with E-state index in [-0.39, 0.29) is 23.1 Å². The Morgan fingerprint density at radius 1 is 1.00 bits per heavy atom. The van der Waals surface area contributed by atoms with Crippen LogP contribution < -0.4 is 10.9 Å². The largest absolute Gasteiger partial charge is 0.273 e. The number of aryl methyl sites for hydroxylation is 1. The van der Waals surface area contributed by atoms with Crippen molar-refractivity contribution < 1.29 is 9.59 Å². The molecule has 2 N–H and O–H groups in total. The second-order valence-electron chi connectivity index (χ2n) is 7.82. The third kappa shape index (κ3) is 5.66. The van der Waals surface area contributed by atoms with Gasteiger partial charge in [0.25, 0.3) is 0 Å². The van der Waals surface area contributed by atoms with Gasteiger partial charge in [-0.15, -0.1) is 0 Å². The van der Waals surface area contributed by atoms with E-state index in [9.17, 15) is 9.59 Å². The number of rotatable bonds is 4. The zero-order valence-electron chi connectivity index (χ0n) is 15.2. The van der Waals surface area contributed by atoms with E-state index in [1.54, 1.807) is 0 Å². The minimum atomic E-state index is -0.140. The Labute approximate surface area is 145 Å². The van der Waals surface area contributed by atoms with Crippen LogP contribution in [0.3, 0.4) is 0 Å². The molecule has 0 bridgehead atoms. The van der Waals surface area contributed by atoms with Gasteiger partial charge in [-0.2, -0.15) is 0 Å². The molecular formula is C20H30N2O2. The van der Waals surface area contributed by atoms with Crippen molar-refractivity contribution in [3.05, 3.63) is 35.4 Å².